The number of hydrogen-bond donors (Lipinski definition) is 2. The largest absolute Gasteiger partial charge is 0.481 e. The number of amides is 2. The Kier molecular flexibility index (Phi) is 5.84. The molecule has 1 aromatic rings. The Morgan fingerprint density at radius 2 is 2.08 bits per heavy atom. The normalized spacial score (nSPS) is 16.0. The fraction of sp³-hybridized carbons (Fsp3) is 0.471. The molecule has 0 bridgehead atoms. The van der Waals surface area contributed by atoms with Crippen LogP contribution >= 0.6 is 0 Å². The Bertz CT molecular complexity index is 688. The molecule has 0 aromatic heterocycles. The lowest BCUT2D eigenvalue weighted by molar-refractivity contribution is -0.136. The molecule has 0 spiro atoms. The van der Waals surface area contributed by atoms with Gasteiger partial charge in [-0.2, -0.15) is 0 Å². The smallest absolute Gasteiger partial charge is 0.406 e. The molecule has 2 rings (SSSR count). The molecule has 25 heavy (non-hydrogen) atoms. The number of carboxylic acids is 1. The van der Waals surface area contributed by atoms with Crippen LogP contribution in [0.25, 0.3) is 0 Å². The average molecular weight is 350 g/mol. The monoisotopic (exact) mass is 350 g/mol. The third kappa shape index (κ3) is 4.20. The molecule has 1 aliphatic heterocycles. The van der Waals surface area contributed by atoms with Crippen LogP contribution in [0.1, 0.15) is 25.0 Å². The molecule has 136 valence electrons. The Balaban J connectivity index is 2.33. The van der Waals surface area contributed by atoms with Crippen molar-refractivity contribution < 1.29 is 29.0 Å². The first-order valence-corrected chi connectivity index (χ1v) is 8.04. The van der Waals surface area contributed by atoms with Crippen LogP contribution < -0.4 is 15.0 Å². The highest BCUT2D eigenvalue weighted by atomic mass is 16.5. The van der Waals surface area contributed by atoms with E-state index in [4.69, 9.17) is 9.84 Å². The highest BCUT2D eigenvalue weighted by Crippen LogP contribution is 2.37. The molecule has 0 aliphatic carbocycles. The van der Waals surface area contributed by atoms with Crippen LogP contribution in [0.2, 0.25) is 0 Å². The van der Waals surface area contributed by atoms with Gasteiger partial charge in [0.05, 0.1) is 19.2 Å². The maximum atomic E-state index is 12.5. The van der Waals surface area contributed by atoms with E-state index >= 15 is 0 Å². The number of ether oxygens (including phenoxy) is 2. The number of methoxy groups -OCH3 is 1. The quantitative estimate of drug-likeness (QED) is 0.802. The van der Waals surface area contributed by atoms with Crippen molar-refractivity contribution in [3.8, 4) is 5.75 Å². The summed E-state index contributed by atoms with van der Waals surface area (Å²) in [6.07, 6.45) is -0.706. The van der Waals surface area contributed by atoms with Gasteiger partial charge in [-0.25, -0.2) is 4.79 Å². The Hall–Kier alpha value is -2.77. The van der Waals surface area contributed by atoms with Gasteiger partial charge in [0, 0.05) is 13.1 Å². The number of nitrogens with zero attached hydrogens (tertiary/aromatic N) is 1. The van der Waals surface area contributed by atoms with Crippen LogP contribution in [0, 0.1) is 0 Å². The first-order chi connectivity index (χ1) is 11.9. The number of hydrogen-bond acceptors (Lipinski definition) is 5. The predicted octanol–water partition coefficient (Wildman–Crippen LogP) is 1.35. The highest BCUT2D eigenvalue weighted by Gasteiger charge is 2.32. The van der Waals surface area contributed by atoms with Gasteiger partial charge in [-0.3, -0.25) is 9.59 Å². The van der Waals surface area contributed by atoms with Crippen molar-refractivity contribution in [3.05, 3.63) is 23.3 Å². The molecule has 0 fully saturated rings. The van der Waals surface area contributed by atoms with Crippen molar-refractivity contribution in [2.24, 2.45) is 0 Å². The van der Waals surface area contributed by atoms with E-state index in [1.807, 2.05) is 6.92 Å². The van der Waals surface area contributed by atoms with Crippen LogP contribution in [-0.4, -0.2) is 49.4 Å². The number of benzene rings is 1. The standard InChI is InChI=1S/C17H22N2O6/c1-4-11-8-14-13(7-12(11)9-15(20)21)19(16(22)10(2)25-14)6-5-18-17(23)24-3/h7-8,10H,4-6,9H2,1-3H3,(H,18,23)(H,20,21). The summed E-state index contributed by atoms with van der Waals surface area (Å²) in [4.78, 5) is 36.3. The number of carbonyl (C=O) groups excluding carboxylic acids is 2. The van der Waals surface area contributed by atoms with E-state index in [2.05, 4.69) is 10.1 Å². The number of aliphatic carboxylic acids is 1. The minimum atomic E-state index is -0.940. The van der Waals surface area contributed by atoms with E-state index < -0.39 is 18.2 Å². The molecule has 0 saturated carbocycles. The lowest BCUT2D eigenvalue weighted by Crippen LogP contribution is -2.47. The Morgan fingerprint density at radius 1 is 1.36 bits per heavy atom. The summed E-state index contributed by atoms with van der Waals surface area (Å²) in [6.45, 7) is 4.02. The molecular formula is C17H22N2O6. The van der Waals surface area contributed by atoms with Crippen LogP contribution in [0.4, 0.5) is 10.5 Å². The number of alkyl carbamates (subject to hydrolysis) is 1. The summed E-state index contributed by atoms with van der Waals surface area (Å²) in [5.74, 6) is -0.647. The topological polar surface area (TPSA) is 105 Å². The number of aryl methyl sites for hydroxylation is 1. The maximum absolute atomic E-state index is 12.5. The summed E-state index contributed by atoms with van der Waals surface area (Å²) in [7, 11) is 1.26. The molecule has 1 aromatic carbocycles. The molecular weight excluding hydrogens is 328 g/mol. The first kappa shape index (κ1) is 18.6. The van der Waals surface area contributed by atoms with E-state index in [1.54, 1.807) is 19.1 Å². The summed E-state index contributed by atoms with van der Waals surface area (Å²) in [6, 6.07) is 3.47. The summed E-state index contributed by atoms with van der Waals surface area (Å²) >= 11 is 0. The Labute approximate surface area is 145 Å². The Morgan fingerprint density at radius 3 is 2.68 bits per heavy atom. The SMILES string of the molecule is CCc1cc2c(cc1CC(=O)O)N(CCNC(=O)OC)C(=O)C(C)O2. The van der Waals surface area contributed by atoms with Crippen molar-refractivity contribution in [1.82, 2.24) is 5.32 Å². The number of carbonyl (C=O) groups is 3. The van der Waals surface area contributed by atoms with Gasteiger partial charge in [-0.1, -0.05) is 6.92 Å². The van der Waals surface area contributed by atoms with Crippen LogP contribution in [-0.2, 0) is 27.2 Å². The minimum Gasteiger partial charge on any atom is -0.481 e. The lowest BCUT2D eigenvalue weighted by atomic mass is 9.99. The third-order valence-electron chi connectivity index (χ3n) is 4.00. The zero-order valence-corrected chi connectivity index (χ0v) is 14.5. The fourth-order valence-electron chi connectivity index (χ4n) is 2.77. The van der Waals surface area contributed by atoms with Crippen LogP contribution in [0.15, 0.2) is 12.1 Å². The van der Waals surface area contributed by atoms with Gasteiger partial charge >= 0.3 is 12.1 Å². The zero-order valence-electron chi connectivity index (χ0n) is 14.5. The van der Waals surface area contributed by atoms with E-state index in [0.717, 1.165) is 5.56 Å². The zero-order chi connectivity index (χ0) is 18.6. The number of nitrogens with one attached hydrogen (secondary N) is 1. The number of rotatable bonds is 6. The van der Waals surface area contributed by atoms with Gasteiger partial charge in [0.15, 0.2) is 6.10 Å². The second-order valence-electron chi connectivity index (χ2n) is 5.68. The molecule has 0 radical (unpaired) electrons. The molecule has 2 N–H and O–H groups in total. The average Bonchev–Trinajstić information content (AvgIpc) is 2.57. The van der Waals surface area contributed by atoms with Gasteiger partial charge < -0.3 is 24.8 Å². The maximum Gasteiger partial charge on any atom is 0.406 e. The molecule has 1 atom stereocenters. The van der Waals surface area contributed by atoms with E-state index in [-0.39, 0.29) is 25.4 Å². The molecule has 1 heterocycles. The number of anilines is 1. The van der Waals surface area contributed by atoms with Crippen molar-refractivity contribution >= 4 is 23.7 Å². The van der Waals surface area contributed by atoms with Crippen molar-refractivity contribution in [2.45, 2.75) is 32.8 Å². The predicted molar refractivity (Wildman–Crippen MR) is 90.0 cm³/mol. The van der Waals surface area contributed by atoms with Gasteiger partial charge in [0.1, 0.15) is 5.75 Å². The summed E-state index contributed by atoms with van der Waals surface area (Å²) < 4.78 is 10.2. The van der Waals surface area contributed by atoms with Gasteiger partial charge in [0.2, 0.25) is 0 Å². The molecule has 8 heteroatoms. The highest BCUT2D eigenvalue weighted by molar-refractivity contribution is 6.00. The van der Waals surface area contributed by atoms with Crippen molar-refractivity contribution in [2.75, 3.05) is 25.1 Å². The van der Waals surface area contributed by atoms with Crippen LogP contribution in [0.5, 0.6) is 5.75 Å². The third-order valence-corrected chi connectivity index (χ3v) is 4.00. The van der Waals surface area contributed by atoms with Crippen molar-refractivity contribution in [1.29, 1.82) is 0 Å². The van der Waals surface area contributed by atoms with Gasteiger partial charge in [-0.15, -0.1) is 0 Å². The number of fused-ring (bicyclic) bond motifs is 1. The summed E-state index contributed by atoms with van der Waals surface area (Å²) in [5, 5.41) is 11.6. The second-order valence-corrected chi connectivity index (χ2v) is 5.68. The van der Waals surface area contributed by atoms with Crippen molar-refractivity contribution in [3.63, 3.8) is 0 Å². The fourth-order valence-corrected chi connectivity index (χ4v) is 2.77. The molecule has 0 saturated heterocycles. The van der Waals surface area contributed by atoms with Gasteiger partial charge in [0.25, 0.3) is 5.91 Å². The summed E-state index contributed by atoms with van der Waals surface area (Å²) in [5.41, 5.74) is 2.03. The number of carboxylic acid groups (broad SMARTS) is 1. The molecule has 1 aliphatic rings. The molecule has 2 amide bonds. The second kappa shape index (κ2) is 7.87. The van der Waals surface area contributed by atoms with Gasteiger partial charge in [-0.05, 0) is 36.6 Å². The first-order valence-electron chi connectivity index (χ1n) is 8.04. The minimum absolute atomic E-state index is 0.131. The van der Waals surface area contributed by atoms with E-state index in [1.165, 1.54) is 12.0 Å². The van der Waals surface area contributed by atoms with Crippen LogP contribution in [0.3, 0.4) is 0 Å². The van der Waals surface area contributed by atoms with E-state index in [9.17, 15) is 14.4 Å². The van der Waals surface area contributed by atoms with E-state index in [0.29, 0.717) is 23.4 Å². The molecule has 1 unspecified atom stereocenters. The lowest BCUT2D eigenvalue weighted by Gasteiger charge is -2.34. The molecule has 8 nitrogen and oxygen atoms in total.